The lowest BCUT2D eigenvalue weighted by molar-refractivity contribution is -0.134. The molecule has 0 radical (unpaired) electrons. The Labute approximate surface area is 141 Å². The summed E-state index contributed by atoms with van der Waals surface area (Å²) in [6.45, 7) is 2.82. The van der Waals surface area contributed by atoms with Gasteiger partial charge in [-0.3, -0.25) is 9.59 Å². The lowest BCUT2D eigenvalue weighted by Crippen LogP contribution is -2.45. The number of nitrogens with two attached hydrogens (primary N) is 1. The number of thiophene rings is 1. The number of piperidine rings is 1. The number of likely N-dealkylation sites (N-methyl/N-ethyl adjacent to an activating group) is 1. The van der Waals surface area contributed by atoms with Gasteiger partial charge in [0.2, 0.25) is 5.91 Å². The summed E-state index contributed by atoms with van der Waals surface area (Å²) in [7, 11) is 1.67. The molecule has 0 aromatic carbocycles. The maximum absolute atomic E-state index is 12.3. The summed E-state index contributed by atoms with van der Waals surface area (Å²) in [5.74, 6) is -0.105. The fourth-order valence-corrected chi connectivity index (χ4v) is 3.29. The first-order chi connectivity index (χ1) is 11.1. The van der Waals surface area contributed by atoms with Gasteiger partial charge in [-0.05, 0) is 37.3 Å². The van der Waals surface area contributed by atoms with Crippen LogP contribution in [0.5, 0.6) is 0 Å². The lowest BCUT2D eigenvalue weighted by Gasteiger charge is -2.33. The summed E-state index contributed by atoms with van der Waals surface area (Å²) in [5, 5.41) is 1.86. The molecule has 1 aromatic rings. The highest BCUT2D eigenvalue weighted by molar-refractivity contribution is 7.12. The Morgan fingerprint density at radius 3 is 2.78 bits per heavy atom. The molecule has 1 saturated heterocycles. The summed E-state index contributed by atoms with van der Waals surface area (Å²) < 4.78 is 5.74. The van der Waals surface area contributed by atoms with Crippen molar-refractivity contribution < 1.29 is 14.3 Å². The molecule has 0 spiro atoms. The fourth-order valence-electron chi connectivity index (χ4n) is 2.57. The van der Waals surface area contributed by atoms with Crippen molar-refractivity contribution in [2.75, 3.05) is 39.8 Å². The van der Waals surface area contributed by atoms with Crippen LogP contribution in [-0.4, -0.2) is 67.6 Å². The minimum atomic E-state index is -0.103. The van der Waals surface area contributed by atoms with E-state index in [1.54, 1.807) is 13.1 Å². The molecule has 0 saturated carbocycles. The van der Waals surface area contributed by atoms with Crippen LogP contribution in [0.3, 0.4) is 0 Å². The van der Waals surface area contributed by atoms with Crippen LogP contribution in [0.25, 0.3) is 0 Å². The van der Waals surface area contributed by atoms with Crippen LogP contribution >= 0.6 is 11.3 Å². The molecular weight excluding hydrogens is 314 g/mol. The molecular formula is C16H25N3O3S. The first-order valence-electron chi connectivity index (χ1n) is 8.00. The number of carbonyl (C=O) groups is 2. The zero-order valence-electron chi connectivity index (χ0n) is 13.6. The Hall–Kier alpha value is -1.44. The number of likely N-dealkylation sites (tertiary alicyclic amines) is 1. The molecule has 1 aliphatic rings. The molecule has 7 heteroatoms. The van der Waals surface area contributed by atoms with Gasteiger partial charge in [0.15, 0.2) is 0 Å². The van der Waals surface area contributed by atoms with Crippen LogP contribution in [-0.2, 0) is 9.53 Å². The van der Waals surface area contributed by atoms with E-state index in [4.69, 9.17) is 10.5 Å². The van der Waals surface area contributed by atoms with Gasteiger partial charge in [-0.25, -0.2) is 0 Å². The van der Waals surface area contributed by atoms with E-state index in [1.807, 2.05) is 16.3 Å². The average Bonchev–Trinajstić information content (AvgIpc) is 3.09. The number of hydrogen-bond acceptors (Lipinski definition) is 5. The summed E-state index contributed by atoms with van der Waals surface area (Å²) in [6, 6.07) is 3.61. The van der Waals surface area contributed by atoms with Gasteiger partial charge >= 0.3 is 0 Å². The Morgan fingerprint density at radius 2 is 2.17 bits per heavy atom. The highest BCUT2D eigenvalue weighted by Gasteiger charge is 2.25. The average molecular weight is 339 g/mol. The summed E-state index contributed by atoms with van der Waals surface area (Å²) in [4.78, 5) is 28.4. The second-order valence-corrected chi connectivity index (χ2v) is 6.68. The van der Waals surface area contributed by atoms with E-state index in [2.05, 4.69) is 0 Å². The van der Waals surface area contributed by atoms with Crippen molar-refractivity contribution in [3.63, 3.8) is 0 Å². The molecule has 1 aromatic heterocycles. The van der Waals surface area contributed by atoms with Crippen LogP contribution < -0.4 is 5.73 Å². The fraction of sp³-hybridized carbons (Fsp3) is 0.625. The number of hydrogen-bond donors (Lipinski definition) is 1. The van der Waals surface area contributed by atoms with Gasteiger partial charge in [0.25, 0.3) is 5.91 Å². The SMILES string of the molecule is CN(CC(=O)N1CCC(OCCCN)CC1)C(=O)c1cccs1. The third kappa shape index (κ3) is 5.30. The quantitative estimate of drug-likeness (QED) is 0.757. The van der Waals surface area contributed by atoms with Crippen molar-refractivity contribution >= 4 is 23.2 Å². The van der Waals surface area contributed by atoms with Crippen molar-refractivity contribution in [3.05, 3.63) is 22.4 Å². The van der Waals surface area contributed by atoms with Crippen molar-refractivity contribution in [1.82, 2.24) is 9.80 Å². The van der Waals surface area contributed by atoms with Gasteiger partial charge in [-0.1, -0.05) is 6.07 Å². The molecule has 128 valence electrons. The van der Waals surface area contributed by atoms with E-state index < -0.39 is 0 Å². The Kier molecular flexibility index (Phi) is 7.01. The lowest BCUT2D eigenvalue weighted by atomic mass is 10.1. The normalized spacial score (nSPS) is 15.7. The molecule has 2 N–H and O–H groups in total. The van der Waals surface area contributed by atoms with Crippen LogP contribution in [0.1, 0.15) is 28.9 Å². The predicted molar refractivity (Wildman–Crippen MR) is 90.5 cm³/mol. The van der Waals surface area contributed by atoms with E-state index in [9.17, 15) is 9.59 Å². The van der Waals surface area contributed by atoms with E-state index in [0.29, 0.717) is 31.1 Å². The summed E-state index contributed by atoms with van der Waals surface area (Å²) in [6.07, 6.45) is 2.78. The Bertz CT molecular complexity index is 499. The van der Waals surface area contributed by atoms with Crippen molar-refractivity contribution in [2.24, 2.45) is 5.73 Å². The second-order valence-electron chi connectivity index (χ2n) is 5.73. The molecule has 2 heterocycles. The molecule has 0 aliphatic carbocycles. The Balaban J connectivity index is 1.73. The molecule has 1 aliphatic heterocycles. The summed E-state index contributed by atoms with van der Waals surface area (Å²) in [5.41, 5.74) is 5.45. The molecule has 0 unspecified atom stereocenters. The highest BCUT2D eigenvalue weighted by atomic mass is 32.1. The third-order valence-electron chi connectivity index (χ3n) is 3.95. The number of ether oxygens (including phenoxy) is 1. The van der Waals surface area contributed by atoms with Crippen molar-refractivity contribution in [2.45, 2.75) is 25.4 Å². The first-order valence-corrected chi connectivity index (χ1v) is 8.88. The van der Waals surface area contributed by atoms with Gasteiger partial charge in [0.05, 0.1) is 17.5 Å². The van der Waals surface area contributed by atoms with Crippen LogP contribution in [0.15, 0.2) is 17.5 Å². The van der Waals surface area contributed by atoms with E-state index in [0.717, 1.165) is 19.3 Å². The van der Waals surface area contributed by atoms with Gasteiger partial charge < -0.3 is 20.3 Å². The first kappa shape index (κ1) is 17.9. The molecule has 0 bridgehead atoms. The zero-order valence-corrected chi connectivity index (χ0v) is 14.4. The maximum Gasteiger partial charge on any atom is 0.264 e. The number of carbonyl (C=O) groups excluding carboxylic acids is 2. The van der Waals surface area contributed by atoms with Crippen LogP contribution in [0.4, 0.5) is 0 Å². The molecule has 1 fully saturated rings. The third-order valence-corrected chi connectivity index (χ3v) is 4.81. The Morgan fingerprint density at radius 1 is 1.43 bits per heavy atom. The van der Waals surface area contributed by atoms with Gasteiger partial charge in [0, 0.05) is 26.7 Å². The predicted octanol–water partition coefficient (Wildman–Crippen LogP) is 1.18. The zero-order chi connectivity index (χ0) is 16.7. The van der Waals surface area contributed by atoms with E-state index in [1.165, 1.54) is 16.2 Å². The number of amides is 2. The molecule has 2 amide bonds. The van der Waals surface area contributed by atoms with Gasteiger partial charge in [0.1, 0.15) is 0 Å². The topological polar surface area (TPSA) is 75.9 Å². The molecule has 2 rings (SSSR count). The van der Waals surface area contributed by atoms with Crippen LogP contribution in [0, 0.1) is 0 Å². The van der Waals surface area contributed by atoms with E-state index in [-0.39, 0.29) is 24.5 Å². The number of nitrogens with zero attached hydrogens (tertiary/aromatic N) is 2. The highest BCUT2D eigenvalue weighted by Crippen LogP contribution is 2.15. The van der Waals surface area contributed by atoms with Crippen LogP contribution in [0.2, 0.25) is 0 Å². The maximum atomic E-state index is 12.3. The minimum Gasteiger partial charge on any atom is -0.378 e. The smallest absolute Gasteiger partial charge is 0.264 e. The molecule has 6 nitrogen and oxygen atoms in total. The minimum absolute atomic E-state index is 0.00202. The molecule has 23 heavy (non-hydrogen) atoms. The van der Waals surface area contributed by atoms with Crippen molar-refractivity contribution in [3.8, 4) is 0 Å². The molecule has 0 atom stereocenters. The van der Waals surface area contributed by atoms with Crippen molar-refractivity contribution in [1.29, 1.82) is 0 Å². The largest absolute Gasteiger partial charge is 0.378 e. The number of rotatable bonds is 7. The second kappa shape index (κ2) is 9.00. The standard InChI is InChI=1S/C16H25N3O3S/c1-18(16(21)14-4-2-11-23-14)12-15(20)19-8-5-13(6-9-19)22-10-3-7-17/h2,4,11,13H,3,5-10,12,17H2,1H3. The van der Waals surface area contributed by atoms with Gasteiger partial charge in [-0.15, -0.1) is 11.3 Å². The monoisotopic (exact) mass is 339 g/mol. The summed E-state index contributed by atoms with van der Waals surface area (Å²) >= 11 is 1.39. The van der Waals surface area contributed by atoms with Gasteiger partial charge in [-0.2, -0.15) is 0 Å². The van der Waals surface area contributed by atoms with E-state index >= 15 is 0 Å².